The molecule has 2 aromatic heterocycles. The summed E-state index contributed by atoms with van der Waals surface area (Å²) in [5.41, 5.74) is 3.93. The van der Waals surface area contributed by atoms with Gasteiger partial charge in [-0.3, -0.25) is 4.98 Å². The Morgan fingerprint density at radius 1 is 1.00 bits per heavy atom. The molecule has 0 atom stereocenters. The van der Waals surface area contributed by atoms with Crippen LogP contribution in [-0.2, 0) is 6.54 Å². The van der Waals surface area contributed by atoms with Crippen LogP contribution in [-0.4, -0.2) is 9.55 Å². The summed E-state index contributed by atoms with van der Waals surface area (Å²) in [7, 11) is 0. The number of benzene rings is 1. The van der Waals surface area contributed by atoms with Crippen LogP contribution in [0.4, 0.5) is 0 Å². The molecule has 0 N–H and O–H groups in total. The third-order valence-electron chi connectivity index (χ3n) is 3.20. The van der Waals surface area contributed by atoms with Gasteiger partial charge >= 0.3 is 0 Å². The van der Waals surface area contributed by atoms with E-state index in [4.69, 9.17) is 5.26 Å². The van der Waals surface area contributed by atoms with E-state index < -0.39 is 0 Å². The summed E-state index contributed by atoms with van der Waals surface area (Å²) in [5.74, 6) is 0. The van der Waals surface area contributed by atoms with E-state index in [0.717, 1.165) is 23.5 Å². The monoisotopic (exact) mass is 259 g/mol. The molecule has 96 valence electrons. The molecule has 20 heavy (non-hydrogen) atoms. The van der Waals surface area contributed by atoms with Gasteiger partial charge in [-0.1, -0.05) is 18.2 Å². The van der Waals surface area contributed by atoms with Gasteiger partial charge in [-0.05, 0) is 42.0 Å². The number of hydrogen-bond acceptors (Lipinski definition) is 2. The molecule has 3 rings (SSSR count). The minimum absolute atomic E-state index is 0.677. The molecule has 0 aliphatic heterocycles. The van der Waals surface area contributed by atoms with E-state index >= 15 is 0 Å². The average Bonchev–Trinajstić information content (AvgIpc) is 2.96. The second-order valence-corrected chi connectivity index (χ2v) is 4.53. The fourth-order valence-electron chi connectivity index (χ4n) is 2.20. The molecule has 0 amide bonds. The maximum atomic E-state index is 8.85. The van der Waals surface area contributed by atoms with Crippen LogP contribution in [0, 0.1) is 11.3 Å². The van der Waals surface area contributed by atoms with Crippen molar-refractivity contribution in [2.24, 2.45) is 0 Å². The summed E-state index contributed by atoms with van der Waals surface area (Å²) >= 11 is 0. The molecule has 0 radical (unpaired) electrons. The fraction of sp³-hybridized carbons (Fsp3) is 0.0588. The highest BCUT2D eigenvalue weighted by Crippen LogP contribution is 2.21. The Labute approximate surface area is 117 Å². The standard InChI is InChI=1S/C17H13N3/c18-12-14-6-8-15(9-7-14)17-5-3-11-20(17)13-16-4-1-2-10-19-16/h1-11H,13H2. The normalized spacial score (nSPS) is 10.2. The quantitative estimate of drug-likeness (QED) is 0.722. The largest absolute Gasteiger partial charge is 0.341 e. The Bertz CT molecular complexity index is 734. The number of rotatable bonds is 3. The van der Waals surface area contributed by atoms with Crippen molar-refractivity contribution < 1.29 is 0 Å². The first-order chi connectivity index (χ1) is 9.86. The second kappa shape index (κ2) is 5.41. The van der Waals surface area contributed by atoms with Crippen molar-refractivity contribution in [3.05, 3.63) is 78.2 Å². The molecule has 3 aromatic rings. The van der Waals surface area contributed by atoms with E-state index in [-0.39, 0.29) is 0 Å². The van der Waals surface area contributed by atoms with Crippen LogP contribution in [0.15, 0.2) is 67.0 Å². The Kier molecular flexibility index (Phi) is 3.30. The topological polar surface area (TPSA) is 41.6 Å². The van der Waals surface area contributed by atoms with Crippen molar-refractivity contribution in [2.45, 2.75) is 6.54 Å². The molecule has 3 nitrogen and oxygen atoms in total. The summed E-state index contributed by atoms with van der Waals surface area (Å²) in [6, 6.07) is 19.8. The van der Waals surface area contributed by atoms with Gasteiger partial charge in [0, 0.05) is 18.1 Å². The Balaban J connectivity index is 1.92. The predicted molar refractivity (Wildman–Crippen MR) is 77.9 cm³/mol. The number of nitrogens with zero attached hydrogens (tertiary/aromatic N) is 3. The number of hydrogen-bond donors (Lipinski definition) is 0. The third-order valence-corrected chi connectivity index (χ3v) is 3.20. The number of nitriles is 1. The van der Waals surface area contributed by atoms with Crippen molar-refractivity contribution in [1.82, 2.24) is 9.55 Å². The van der Waals surface area contributed by atoms with E-state index in [0.29, 0.717) is 5.56 Å². The fourth-order valence-corrected chi connectivity index (χ4v) is 2.20. The lowest BCUT2D eigenvalue weighted by Crippen LogP contribution is -2.01. The summed E-state index contributed by atoms with van der Waals surface area (Å²) < 4.78 is 2.16. The van der Waals surface area contributed by atoms with Gasteiger partial charge in [0.2, 0.25) is 0 Å². The van der Waals surface area contributed by atoms with Crippen molar-refractivity contribution in [3.8, 4) is 17.3 Å². The highest BCUT2D eigenvalue weighted by molar-refractivity contribution is 5.61. The molecule has 0 spiro atoms. The Morgan fingerprint density at radius 2 is 1.85 bits per heavy atom. The molecule has 2 heterocycles. The third kappa shape index (κ3) is 2.45. The lowest BCUT2D eigenvalue weighted by Gasteiger charge is -2.09. The van der Waals surface area contributed by atoms with Gasteiger partial charge in [0.05, 0.1) is 23.9 Å². The first-order valence-electron chi connectivity index (χ1n) is 6.42. The van der Waals surface area contributed by atoms with E-state index in [1.54, 1.807) is 6.20 Å². The van der Waals surface area contributed by atoms with Crippen LogP contribution < -0.4 is 0 Å². The molecule has 0 bridgehead atoms. The van der Waals surface area contributed by atoms with E-state index in [1.165, 1.54) is 0 Å². The van der Waals surface area contributed by atoms with Gasteiger partial charge in [-0.25, -0.2) is 0 Å². The highest BCUT2D eigenvalue weighted by Gasteiger charge is 2.05. The predicted octanol–water partition coefficient (Wildman–Crippen LogP) is 3.47. The molecule has 0 unspecified atom stereocenters. The number of pyridine rings is 1. The minimum Gasteiger partial charge on any atom is -0.341 e. The summed E-state index contributed by atoms with van der Waals surface area (Å²) in [4.78, 5) is 4.35. The van der Waals surface area contributed by atoms with Gasteiger partial charge in [-0.2, -0.15) is 5.26 Å². The maximum Gasteiger partial charge on any atom is 0.0991 e. The van der Waals surface area contributed by atoms with Crippen molar-refractivity contribution >= 4 is 0 Å². The van der Waals surface area contributed by atoms with Crippen LogP contribution >= 0.6 is 0 Å². The molecule has 0 fully saturated rings. The lowest BCUT2D eigenvalue weighted by molar-refractivity contribution is 0.788. The Hall–Kier alpha value is -2.86. The zero-order valence-electron chi connectivity index (χ0n) is 10.9. The van der Waals surface area contributed by atoms with Gasteiger partial charge < -0.3 is 4.57 Å². The molecular formula is C17H13N3. The van der Waals surface area contributed by atoms with Crippen LogP contribution in [0.2, 0.25) is 0 Å². The van der Waals surface area contributed by atoms with Gasteiger partial charge in [0.1, 0.15) is 0 Å². The zero-order chi connectivity index (χ0) is 13.8. The molecule has 0 saturated carbocycles. The molecule has 0 aliphatic rings. The van der Waals surface area contributed by atoms with Crippen molar-refractivity contribution in [1.29, 1.82) is 5.26 Å². The minimum atomic E-state index is 0.677. The first-order valence-corrected chi connectivity index (χ1v) is 6.42. The van der Waals surface area contributed by atoms with Crippen LogP contribution in [0.5, 0.6) is 0 Å². The molecule has 0 aliphatic carbocycles. The van der Waals surface area contributed by atoms with Crippen LogP contribution in [0.25, 0.3) is 11.3 Å². The molecular weight excluding hydrogens is 246 g/mol. The second-order valence-electron chi connectivity index (χ2n) is 4.53. The average molecular weight is 259 g/mol. The SMILES string of the molecule is N#Cc1ccc(-c2cccn2Cc2ccccn2)cc1. The van der Waals surface area contributed by atoms with Crippen LogP contribution in [0.1, 0.15) is 11.3 Å². The summed E-state index contributed by atoms with van der Waals surface area (Å²) in [6.07, 6.45) is 3.85. The molecule has 3 heteroatoms. The van der Waals surface area contributed by atoms with E-state index in [2.05, 4.69) is 21.7 Å². The summed E-state index contributed by atoms with van der Waals surface area (Å²) in [5, 5.41) is 8.85. The zero-order valence-corrected chi connectivity index (χ0v) is 10.9. The smallest absolute Gasteiger partial charge is 0.0991 e. The van der Waals surface area contributed by atoms with Gasteiger partial charge in [-0.15, -0.1) is 0 Å². The van der Waals surface area contributed by atoms with E-state index in [1.807, 2.05) is 54.7 Å². The molecule has 0 saturated heterocycles. The highest BCUT2D eigenvalue weighted by atomic mass is 15.0. The van der Waals surface area contributed by atoms with Crippen molar-refractivity contribution in [3.63, 3.8) is 0 Å². The summed E-state index contributed by atoms with van der Waals surface area (Å²) in [6.45, 7) is 0.739. The maximum absolute atomic E-state index is 8.85. The van der Waals surface area contributed by atoms with E-state index in [9.17, 15) is 0 Å². The first kappa shape index (κ1) is 12.2. The van der Waals surface area contributed by atoms with Gasteiger partial charge in [0.15, 0.2) is 0 Å². The van der Waals surface area contributed by atoms with Crippen molar-refractivity contribution in [2.75, 3.05) is 0 Å². The Morgan fingerprint density at radius 3 is 2.55 bits per heavy atom. The lowest BCUT2D eigenvalue weighted by atomic mass is 10.1. The number of aromatic nitrogens is 2. The van der Waals surface area contributed by atoms with Crippen LogP contribution in [0.3, 0.4) is 0 Å². The molecule has 1 aromatic carbocycles. The van der Waals surface area contributed by atoms with Gasteiger partial charge in [0.25, 0.3) is 0 Å².